The third kappa shape index (κ3) is 2.88. The summed E-state index contributed by atoms with van der Waals surface area (Å²) >= 11 is 0. The zero-order valence-corrected chi connectivity index (χ0v) is 11.9. The molecule has 1 saturated carbocycles. The van der Waals surface area contributed by atoms with Crippen LogP contribution in [0.5, 0.6) is 0 Å². The van der Waals surface area contributed by atoms with E-state index in [1.54, 1.807) is 12.1 Å². The van der Waals surface area contributed by atoms with Crippen LogP contribution in [0.2, 0.25) is 0 Å². The highest BCUT2D eigenvalue weighted by atomic mass is 16.4. The van der Waals surface area contributed by atoms with Crippen LogP contribution < -0.4 is 0 Å². The quantitative estimate of drug-likeness (QED) is 0.916. The molecule has 1 N–H and O–H groups in total. The average Bonchev–Trinajstić information content (AvgIpc) is 3.02. The first-order chi connectivity index (χ1) is 9.74. The summed E-state index contributed by atoms with van der Waals surface area (Å²) in [7, 11) is 0. The number of aromatic carboxylic acids is 1. The summed E-state index contributed by atoms with van der Waals surface area (Å²) in [5.74, 6) is -0.233. The Hall–Kier alpha value is -1.35. The minimum absolute atomic E-state index is 0.386. The Morgan fingerprint density at radius 3 is 2.15 bits per heavy atom. The number of hydrogen-bond acceptors (Lipinski definition) is 2. The van der Waals surface area contributed by atoms with Crippen molar-refractivity contribution in [2.24, 2.45) is 0 Å². The van der Waals surface area contributed by atoms with Crippen molar-refractivity contribution < 1.29 is 9.90 Å². The van der Waals surface area contributed by atoms with Crippen LogP contribution in [0.4, 0.5) is 0 Å². The van der Waals surface area contributed by atoms with Crippen LogP contribution in [0.1, 0.15) is 60.4 Å². The molecule has 1 saturated heterocycles. The normalized spacial score (nSPS) is 22.2. The molecule has 0 bridgehead atoms. The molecular formula is C17H23NO2. The van der Waals surface area contributed by atoms with Gasteiger partial charge in [0.15, 0.2) is 0 Å². The molecule has 1 aliphatic heterocycles. The van der Waals surface area contributed by atoms with Crippen LogP contribution in [0, 0.1) is 0 Å². The predicted molar refractivity (Wildman–Crippen MR) is 79.2 cm³/mol. The van der Waals surface area contributed by atoms with Crippen molar-refractivity contribution in [3.63, 3.8) is 0 Å². The van der Waals surface area contributed by atoms with E-state index in [1.165, 1.54) is 57.2 Å². The first-order valence-electron chi connectivity index (χ1n) is 7.81. The lowest BCUT2D eigenvalue weighted by Crippen LogP contribution is -2.39. The van der Waals surface area contributed by atoms with Crippen molar-refractivity contribution in [3.8, 4) is 0 Å². The largest absolute Gasteiger partial charge is 0.478 e. The lowest BCUT2D eigenvalue weighted by molar-refractivity contribution is 0.0697. The summed E-state index contributed by atoms with van der Waals surface area (Å²) in [6, 6.07) is 8.31. The maximum atomic E-state index is 10.9. The molecule has 2 aliphatic rings. The molecule has 0 unspecified atom stereocenters. The Kier molecular flexibility index (Phi) is 4.06. The second-order valence-corrected chi connectivity index (χ2v) is 6.18. The molecule has 3 nitrogen and oxygen atoms in total. The SMILES string of the molecule is O=C(O)c1ccc(C2CCN(C3CCCC3)CC2)cc1. The second-order valence-electron chi connectivity index (χ2n) is 6.18. The number of carboxylic acids is 1. The standard InChI is InChI=1S/C17H23NO2/c19-17(20)15-7-5-13(6-8-15)14-9-11-18(12-10-14)16-3-1-2-4-16/h5-8,14,16H,1-4,9-12H2,(H,19,20). The van der Waals surface area contributed by atoms with E-state index in [4.69, 9.17) is 5.11 Å². The van der Waals surface area contributed by atoms with Gasteiger partial charge in [0, 0.05) is 6.04 Å². The number of nitrogens with zero attached hydrogens (tertiary/aromatic N) is 1. The monoisotopic (exact) mass is 273 g/mol. The van der Waals surface area contributed by atoms with Crippen LogP contribution in [-0.2, 0) is 0 Å². The number of rotatable bonds is 3. The van der Waals surface area contributed by atoms with Gasteiger partial charge in [-0.25, -0.2) is 4.79 Å². The molecule has 2 fully saturated rings. The van der Waals surface area contributed by atoms with Gasteiger partial charge in [-0.3, -0.25) is 0 Å². The van der Waals surface area contributed by atoms with Gasteiger partial charge in [0.1, 0.15) is 0 Å². The molecule has 108 valence electrons. The van der Waals surface area contributed by atoms with Crippen LogP contribution in [0.25, 0.3) is 0 Å². The first-order valence-corrected chi connectivity index (χ1v) is 7.81. The number of piperidine rings is 1. The van der Waals surface area contributed by atoms with Crippen LogP contribution in [-0.4, -0.2) is 35.1 Å². The van der Waals surface area contributed by atoms with Crippen LogP contribution >= 0.6 is 0 Å². The summed E-state index contributed by atoms with van der Waals surface area (Å²) in [4.78, 5) is 13.5. The van der Waals surface area contributed by atoms with Gasteiger partial charge in [0.2, 0.25) is 0 Å². The Balaban J connectivity index is 1.58. The van der Waals surface area contributed by atoms with Crippen molar-refractivity contribution >= 4 is 5.97 Å². The van der Waals surface area contributed by atoms with Crippen molar-refractivity contribution in [2.75, 3.05) is 13.1 Å². The van der Waals surface area contributed by atoms with E-state index in [9.17, 15) is 4.79 Å². The Bertz CT molecular complexity index is 454. The molecule has 0 aromatic heterocycles. The van der Waals surface area contributed by atoms with Crippen molar-refractivity contribution in [2.45, 2.75) is 50.5 Å². The maximum Gasteiger partial charge on any atom is 0.335 e. The molecule has 1 aromatic carbocycles. The summed E-state index contributed by atoms with van der Waals surface area (Å²) in [5, 5.41) is 8.94. The molecule has 1 heterocycles. The number of carboxylic acid groups (broad SMARTS) is 1. The van der Waals surface area contributed by atoms with Gasteiger partial charge in [0.05, 0.1) is 5.56 Å². The minimum Gasteiger partial charge on any atom is -0.478 e. The van der Waals surface area contributed by atoms with Gasteiger partial charge in [0.25, 0.3) is 0 Å². The minimum atomic E-state index is -0.840. The number of carbonyl (C=O) groups is 1. The highest BCUT2D eigenvalue weighted by Gasteiger charge is 2.27. The highest BCUT2D eigenvalue weighted by Crippen LogP contribution is 2.32. The summed E-state index contributed by atoms with van der Waals surface area (Å²) in [5.41, 5.74) is 1.69. The second kappa shape index (κ2) is 5.96. The first kappa shape index (κ1) is 13.6. The molecule has 3 heteroatoms. The van der Waals surface area contributed by atoms with E-state index < -0.39 is 5.97 Å². The third-order valence-electron chi connectivity index (χ3n) is 5.00. The molecule has 1 aliphatic carbocycles. The maximum absolute atomic E-state index is 10.9. The average molecular weight is 273 g/mol. The van der Waals surface area contributed by atoms with Crippen molar-refractivity contribution in [1.29, 1.82) is 0 Å². The number of likely N-dealkylation sites (tertiary alicyclic amines) is 1. The summed E-state index contributed by atoms with van der Waals surface area (Å²) < 4.78 is 0. The Morgan fingerprint density at radius 2 is 1.60 bits per heavy atom. The van der Waals surface area contributed by atoms with Gasteiger partial charge in [-0.05, 0) is 62.4 Å². The van der Waals surface area contributed by atoms with E-state index in [2.05, 4.69) is 4.90 Å². The fourth-order valence-electron chi connectivity index (χ4n) is 3.77. The van der Waals surface area contributed by atoms with E-state index in [0.717, 1.165) is 6.04 Å². The Morgan fingerprint density at radius 1 is 1.00 bits per heavy atom. The van der Waals surface area contributed by atoms with E-state index in [1.807, 2.05) is 12.1 Å². The molecular weight excluding hydrogens is 250 g/mol. The highest BCUT2D eigenvalue weighted by molar-refractivity contribution is 5.87. The van der Waals surface area contributed by atoms with Gasteiger partial charge in [-0.1, -0.05) is 25.0 Å². The fourth-order valence-corrected chi connectivity index (χ4v) is 3.77. The molecule has 0 radical (unpaired) electrons. The smallest absolute Gasteiger partial charge is 0.335 e. The van der Waals surface area contributed by atoms with Gasteiger partial charge in [-0.2, -0.15) is 0 Å². The van der Waals surface area contributed by atoms with E-state index >= 15 is 0 Å². The van der Waals surface area contributed by atoms with Crippen LogP contribution in [0.15, 0.2) is 24.3 Å². The van der Waals surface area contributed by atoms with Gasteiger partial charge < -0.3 is 10.0 Å². The number of hydrogen-bond donors (Lipinski definition) is 1. The van der Waals surface area contributed by atoms with Crippen LogP contribution in [0.3, 0.4) is 0 Å². The van der Waals surface area contributed by atoms with Crippen molar-refractivity contribution in [1.82, 2.24) is 4.90 Å². The lowest BCUT2D eigenvalue weighted by atomic mass is 9.88. The molecule has 0 amide bonds. The molecule has 3 rings (SSSR count). The lowest BCUT2D eigenvalue weighted by Gasteiger charge is -2.36. The molecule has 0 spiro atoms. The third-order valence-corrected chi connectivity index (χ3v) is 5.00. The summed E-state index contributed by atoms with van der Waals surface area (Å²) in [6.45, 7) is 2.41. The molecule has 0 atom stereocenters. The van der Waals surface area contributed by atoms with Crippen molar-refractivity contribution in [3.05, 3.63) is 35.4 Å². The van der Waals surface area contributed by atoms with Gasteiger partial charge >= 0.3 is 5.97 Å². The number of benzene rings is 1. The summed E-state index contributed by atoms with van der Waals surface area (Å²) in [6.07, 6.45) is 8.00. The molecule has 20 heavy (non-hydrogen) atoms. The van der Waals surface area contributed by atoms with Gasteiger partial charge in [-0.15, -0.1) is 0 Å². The zero-order valence-electron chi connectivity index (χ0n) is 11.9. The van der Waals surface area contributed by atoms with E-state index in [-0.39, 0.29) is 0 Å². The topological polar surface area (TPSA) is 40.5 Å². The van der Waals surface area contributed by atoms with E-state index in [0.29, 0.717) is 11.5 Å². The predicted octanol–water partition coefficient (Wildman–Crippen LogP) is 3.51. The fraction of sp³-hybridized carbons (Fsp3) is 0.588. The molecule has 1 aromatic rings. The zero-order chi connectivity index (χ0) is 13.9. The Labute approximate surface area is 120 Å².